The van der Waals surface area contributed by atoms with Crippen LogP contribution in [0.3, 0.4) is 0 Å². The molecule has 0 saturated heterocycles. The van der Waals surface area contributed by atoms with Gasteiger partial charge >= 0.3 is 11.9 Å². The minimum Gasteiger partial charge on any atom is -0.481 e. The highest BCUT2D eigenvalue weighted by molar-refractivity contribution is 6.30. The van der Waals surface area contributed by atoms with E-state index in [0.29, 0.717) is 5.03 Å². The van der Waals surface area contributed by atoms with Crippen molar-refractivity contribution in [2.75, 3.05) is 0 Å². The van der Waals surface area contributed by atoms with Crippen molar-refractivity contribution in [1.29, 1.82) is 0 Å². The summed E-state index contributed by atoms with van der Waals surface area (Å²) in [6.07, 6.45) is 0.352. The maximum atomic E-state index is 10.8. The summed E-state index contributed by atoms with van der Waals surface area (Å²) < 4.78 is 0. The van der Waals surface area contributed by atoms with E-state index in [-0.39, 0.29) is 12.8 Å². The number of aliphatic carboxylic acids is 2. The normalized spacial score (nSPS) is 27.6. The number of halogens is 1. The van der Waals surface area contributed by atoms with Gasteiger partial charge in [-0.2, -0.15) is 0 Å². The largest absolute Gasteiger partial charge is 0.481 e. The third-order valence-corrected chi connectivity index (χ3v) is 2.99. The lowest BCUT2D eigenvalue weighted by Gasteiger charge is -2.26. The van der Waals surface area contributed by atoms with Gasteiger partial charge in [-0.3, -0.25) is 9.59 Å². The van der Waals surface area contributed by atoms with E-state index in [1.54, 1.807) is 6.92 Å². The van der Waals surface area contributed by atoms with Crippen molar-refractivity contribution in [3.05, 3.63) is 10.6 Å². The molecule has 2 N–H and O–H groups in total. The molecule has 0 spiro atoms. The average molecular weight is 219 g/mol. The molecule has 0 aromatic carbocycles. The predicted molar refractivity (Wildman–Crippen MR) is 50.0 cm³/mol. The van der Waals surface area contributed by atoms with E-state index in [4.69, 9.17) is 21.8 Å². The van der Waals surface area contributed by atoms with Crippen molar-refractivity contribution >= 4 is 23.5 Å². The zero-order valence-corrected chi connectivity index (χ0v) is 8.41. The Bertz CT molecular complexity index is 278. The number of rotatable bonds is 2. The highest BCUT2D eigenvalue weighted by atomic mass is 35.5. The molecule has 0 fully saturated rings. The van der Waals surface area contributed by atoms with Crippen LogP contribution in [0.15, 0.2) is 10.6 Å². The van der Waals surface area contributed by atoms with Crippen molar-refractivity contribution in [2.45, 2.75) is 19.8 Å². The molecule has 0 aromatic heterocycles. The first-order valence-electron chi connectivity index (χ1n) is 4.23. The molecule has 2 atom stereocenters. The molecule has 2 unspecified atom stereocenters. The topological polar surface area (TPSA) is 74.6 Å². The quantitative estimate of drug-likeness (QED) is 0.740. The molecule has 5 heteroatoms. The lowest BCUT2D eigenvalue weighted by atomic mass is 9.80. The Morgan fingerprint density at radius 2 is 1.64 bits per heavy atom. The molecule has 4 nitrogen and oxygen atoms in total. The molecule has 0 amide bonds. The summed E-state index contributed by atoms with van der Waals surface area (Å²) in [5, 5.41) is 18.1. The van der Waals surface area contributed by atoms with Crippen LogP contribution >= 0.6 is 11.6 Å². The molecule has 0 saturated carbocycles. The Morgan fingerprint density at radius 3 is 2.07 bits per heavy atom. The second-order valence-corrected chi connectivity index (χ2v) is 3.94. The zero-order valence-electron chi connectivity index (χ0n) is 7.66. The zero-order chi connectivity index (χ0) is 10.9. The Labute approximate surface area is 86.2 Å². The average Bonchev–Trinajstić information content (AvgIpc) is 2.08. The van der Waals surface area contributed by atoms with Crippen LogP contribution in [-0.2, 0) is 9.59 Å². The van der Waals surface area contributed by atoms with Crippen molar-refractivity contribution in [1.82, 2.24) is 0 Å². The molecular formula is C9H11ClO4. The molecule has 1 rings (SSSR count). The molecule has 1 aliphatic carbocycles. The molecular weight excluding hydrogens is 208 g/mol. The third-order valence-electron chi connectivity index (χ3n) is 2.51. The van der Waals surface area contributed by atoms with Crippen molar-refractivity contribution in [3.63, 3.8) is 0 Å². The molecule has 0 aliphatic heterocycles. The number of carboxylic acid groups (broad SMARTS) is 2. The van der Waals surface area contributed by atoms with Crippen LogP contribution in [0.4, 0.5) is 0 Å². The minimum absolute atomic E-state index is 0.125. The Kier molecular flexibility index (Phi) is 3.16. The third kappa shape index (κ3) is 2.07. The molecule has 1 aliphatic rings. The number of hydrogen-bond donors (Lipinski definition) is 2. The van der Waals surface area contributed by atoms with Crippen LogP contribution in [0.5, 0.6) is 0 Å². The fourth-order valence-electron chi connectivity index (χ4n) is 1.61. The lowest BCUT2D eigenvalue weighted by Crippen LogP contribution is -2.32. The number of allylic oxidation sites excluding steroid dienone is 2. The standard InChI is InChI=1S/C9H11ClO4/c1-4-2-5(8(11)12)6(9(13)14)3-7(4)10/h5-6H,2-3H2,1H3,(H,11,12)(H,13,14). The van der Waals surface area contributed by atoms with Gasteiger partial charge in [0.1, 0.15) is 0 Å². The van der Waals surface area contributed by atoms with Crippen molar-refractivity contribution in [2.24, 2.45) is 11.8 Å². The molecule has 78 valence electrons. The van der Waals surface area contributed by atoms with Gasteiger partial charge in [0.25, 0.3) is 0 Å². The monoisotopic (exact) mass is 218 g/mol. The first-order chi connectivity index (χ1) is 6.43. The Morgan fingerprint density at radius 1 is 1.21 bits per heavy atom. The van der Waals surface area contributed by atoms with Crippen LogP contribution < -0.4 is 0 Å². The van der Waals surface area contributed by atoms with Crippen LogP contribution in [-0.4, -0.2) is 22.2 Å². The number of carbonyl (C=O) groups is 2. The summed E-state index contributed by atoms with van der Waals surface area (Å²) in [4.78, 5) is 21.6. The summed E-state index contributed by atoms with van der Waals surface area (Å²) >= 11 is 5.80. The SMILES string of the molecule is CC1=C(Cl)CC(C(=O)O)C(C(=O)O)C1. The minimum atomic E-state index is -1.09. The summed E-state index contributed by atoms with van der Waals surface area (Å²) in [7, 11) is 0. The Hall–Kier alpha value is -1.03. The van der Waals surface area contributed by atoms with Crippen molar-refractivity contribution < 1.29 is 19.8 Å². The number of carboxylic acids is 2. The van der Waals surface area contributed by atoms with E-state index in [0.717, 1.165) is 5.57 Å². The first-order valence-corrected chi connectivity index (χ1v) is 4.61. The maximum Gasteiger partial charge on any atom is 0.307 e. The highest BCUT2D eigenvalue weighted by Gasteiger charge is 2.37. The fourth-order valence-corrected chi connectivity index (χ4v) is 1.85. The first kappa shape index (κ1) is 11.0. The maximum absolute atomic E-state index is 10.8. The summed E-state index contributed by atoms with van der Waals surface area (Å²) in [5.74, 6) is -3.91. The molecule has 0 heterocycles. The van der Waals surface area contributed by atoms with Gasteiger partial charge in [0.2, 0.25) is 0 Å². The second-order valence-electron chi connectivity index (χ2n) is 3.48. The highest BCUT2D eigenvalue weighted by Crippen LogP contribution is 2.36. The predicted octanol–water partition coefficient (Wildman–Crippen LogP) is 1.69. The summed E-state index contributed by atoms with van der Waals surface area (Å²) in [5.41, 5.74) is 0.775. The van der Waals surface area contributed by atoms with Gasteiger partial charge in [-0.25, -0.2) is 0 Å². The summed E-state index contributed by atoms with van der Waals surface area (Å²) in [6.45, 7) is 1.73. The van der Waals surface area contributed by atoms with Crippen LogP contribution in [0.25, 0.3) is 0 Å². The van der Waals surface area contributed by atoms with E-state index in [9.17, 15) is 9.59 Å². The number of hydrogen-bond acceptors (Lipinski definition) is 2. The van der Waals surface area contributed by atoms with E-state index >= 15 is 0 Å². The van der Waals surface area contributed by atoms with E-state index in [1.165, 1.54) is 0 Å². The van der Waals surface area contributed by atoms with Gasteiger partial charge < -0.3 is 10.2 Å². The van der Waals surface area contributed by atoms with Crippen LogP contribution in [0.2, 0.25) is 0 Å². The van der Waals surface area contributed by atoms with Gasteiger partial charge in [0, 0.05) is 5.03 Å². The van der Waals surface area contributed by atoms with Gasteiger partial charge in [0.05, 0.1) is 11.8 Å². The summed E-state index contributed by atoms with van der Waals surface area (Å²) in [6, 6.07) is 0. The van der Waals surface area contributed by atoms with E-state index < -0.39 is 23.8 Å². The molecule has 14 heavy (non-hydrogen) atoms. The second kappa shape index (κ2) is 4.00. The van der Waals surface area contributed by atoms with Gasteiger partial charge in [-0.15, -0.1) is 0 Å². The van der Waals surface area contributed by atoms with E-state index in [2.05, 4.69) is 0 Å². The van der Waals surface area contributed by atoms with E-state index in [1.807, 2.05) is 0 Å². The molecule has 0 bridgehead atoms. The van der Waals surface area contributed by atoms with Crippen LogP contribution in [0.1, 0.15) is 19.8 Å². The Balaban J connectivity index is 2.95. The van der Waals surface area contributed by atoms with Gasteiger partial charge in [-0.05, 0) is 19.8 Å². The van der Waals surface area contributed by atoms with Gasteiger partial charge in [0.15, 0.2) is 0 Å². The molecule has 0 radical (unpaired) electrons. The fraction of sp³-hybridized carbons (Fsp3) is 0.556. The van der Waals surface area contributed by atoms with Crippen LogP contribution in [0, 0.1) is 11.8 Å². The lowest BCUT2D eigenvalue weighted by molar-refractivity contribution is -0.154. The molecule has 0 aromatic rings. The van der Waals surface area contributed by atoms with Gasteiger partial charge in [-0.1, -0.05) is 17.2 Å². The van der Waals surface area contributed by atoms with Crippen molar-refractivity contribution in [3.8, 4) is 0 Å². The smallest absolute Gasteiger partial charge is 0.307 e.